The molecule has 6 nitrogen and oxygen atoms in total. The topological polar surface area (TPSA) is 90.4 Å². The highest BCUT2D eigenvalue weighted by Gasteiger charge is 2.29. The molecule has 1 saturated carbocycles. The zero-order chi connectivity index (χ0) is 17.2. The van der Waals surface area contributed by atoms with Crippen molar-refractivity contribution in [3.63, 3.8) is 0 Å². The van der Waals surface area contributed by atoms with Crippen LogP contribution in [0.25, 0.3) is 11.3 Å². The maximum absolute atomic E-state index is 12.3. The number of aromatic nitrogens is 1. The Morgan fingerprint density at radius 1 is 1.16 bits per heavy atom. The van der Waals surface area contributed by atoms with Crippen molar-refractivity contribution in [2.24, 2.45) is 11.7 Å². The first-order valence-corrected chi connectivity index (χ1v) is 8.91. The number of hydrogen-bond donors (Lipinski definition) is 2. The van der Waals surface area contributed by atoms with Crippen molar-refractivity contribution in [3.05, 3.63) is 36.4 Å². The first-order chi connectivity index (χ1) is 12.2. The van der Waals surface area contributed by atoms with E-state index in [1.54, 1.807) is 6.20 Å². The number of carbonyl (C=O) groups is 1. The summed E-state index contributed by atoms with van der Waals surface area (Å²) in [5, 5.41) is 2.90. The number of anilines is 1. The molecule has 2 aromatic rings. The van der Waals surface area contributed by atoms with Crippen LogP contribution in [0.5, 0.6) is 0 Å². The second-order valence-corrected chi connectivity index (χ2v) is 6.88. The summed E-state index contributed by atoms with van der Waals surface area (Å²) < 4.78 is 11.1. The molecule has 3 N–H and O–H groups in total. The predicted molar refractivity (Wildman–Crippen MR) is 94.1 cm³/mol. The molecular weight excluding hydrogens is 318 g/mol. The number of amides is 1. The average Bonchev–Trinajstić information content (AvgIpc) is 3.39. The van der Waals surface area contributed by atoms with E-state index < -0.39 is 6.04 Å². The fourth-order valence-electron chi connectivity index (χ4n) is 3.17. The Morgan fingerprint density at radius 3 is 2.56 bits per heavy atom. The normalized spacial score (nSPS) is 19.6. The molecule has 6 heteroatoms. The highest BCUT2D eigenvalue weighted by molar-refractivity contribution is 5.95. The molecule has 0 bridgehead atoms. The zero-order valence-corrected chi connectivity index (χ0v) is 14.1. The molecule has 1 unspecified atom stereocenters. The van der Waals surface area contributed by atoms with Gasteiger partial charge in [-0.1, -0.05) is 0 Å². The lowest BCUT2D eigenvalue weighted by Crippen LogP contribution is -2.43. The minimum absolute atomic E-state index is 0.143. The van der Waals surface area contributed by atoms with Crippen LogP contribution in [-0.4, -0.2) is 30.1 Å². The number of nitrogens with two attached hydrogens (primary N) is 1. The molecule has 2 heterocycles. The smallest absolute Gasteiger partial charge is 0.241 e. The summed E-state index contributed by atoms with van der Waals surface area (Å²) in [5.41, 5.74) is 7.79. The Labute approximate surface area is 146 Å². The molecule has 1 aromatic heterocycles. The molecular formula is C19H23N3O3. The standard InChI is InChI=1S/C19H23N3O3/c20-17(13-7-9-24-10-8-13)18(23)22-15-5-3-12(4-6-15)16-11-21-19(25-16)14-1-2-14/h3-6,11,13-14,17H,1-2,7-10,20H2,(H,22,23). The molecule has 1 aromatic carbocycles. The van der Waals surface area contributed by atoms with E-state index in [9.17, 15) is 4.79 Å². The van der Waals surface area contributed by atoms with Gasteiger partial charge in [0, 0.05) is 30.4 Å². The highest BCUT2D eigenvalue weighted by atomic mass is 16.5. The van der Waals surface area contributed by atoms with E-state index >= 15 is 0 Å². The maximum Gasteiger partial charge on any atom is 0.241 e. The maximum atomic E-state index is 12.3. The lowest BCUT2D eigenvalue weighted by Gasteiger charge is -2.26. The van der Waals surface area contributed by atoms with Crippen LogP contribution in [0, 0.1) is 5.92 Å². The van der Waals surface area contributed by atoms with Crippen LogP contribution in [0.15, 0.2) is 34.9 Å². The van der Waals surface area contributed by atoms with E-state index in [2.05, 4.69) is 10.3 Å². The third kappa shape index (κ3) is 3.75. The fraction of sp³-hybridized carbons (Fsp3) is 0.474. The second kappa shape index (κ2) is 6.98. The van der Waals surface area contributed by atoms with Gasteiger partial charge >= 0.3 is 0 Å². The number of nitrogens with one attached hydrogen (secondary N) is 1. The van der Waals surface area contributed by atoms with Crippen molar-refractivity contribution in [1.29, 1.82) is 0 Å². The first-order valence-electron chi connectivity index (χ1n) is 8.91. The van der Waals surface area contributed by atoms with E-state index in [0.717, 1.165) is 48.6 Å². The Hall–Kier alpha value is -2.18. The van der Waals surface area contributed by atoms with Crippen molar-refractivity contribution in [2.45, 2.75) is 37.6 Å². The predicted octanol–water partition coefficient (Wildman–Crippen LogP) is 2.91. The molecule has 1 aliphatic carbocycles. The lowest BCUT2D eigenvalue weighted by molar-refractivity contribution is -0.119. The van der Waals surface area contributed by atoms with Gasteiger partial charge in [0.2, 0.25) is 5.91 Å². The second-order valence-electron chi connectivity index (χ2n) is 6.88. The van der Waals surface area contributed by atoms with Crippen molar-refractivity contribution >= 4 is 11.6 Å². The van der Waals surface area contributed by atoms with Crippen LogP contribution in [0.2, 0.25) is 0 Å². The van der Waals surface area contributed by atoms with Gasteiger partial charge < -0.3 is 20.2 Å². The van der Waals surface area contributed by atoms with Crippen LogP contribution in [0.1, 0.15) is 37.5 Å². The highest BCUT2D eigenvalue weighted by Crippen LogP contribution is 2.40. The van der Waals surface area contributed by atoms with Gasteiger partial charge in [-0.15, -0.1) is 0 Å². The van der Waals surface area contributed by atoms with Gasteiger partial charge in [0.05, 0.1) is 12.2 Å². The van der Waals surface area contributed by atoms with Gasteiger partial charge in [-0.3, -0.25) is 4.79 Å². The van der Waals surface area contributed by atoms with Gasteiger partial charge in [-0.25, -0.2) is 4.98 Å². The van der Waals surface area contributed by atoms with Crippen molar-refractivity contribution in [2.75, 3.05) is 18.5 Å². The third-order valence-electron chi connectivity index (χ3n) is 4.96. The summed E-state index contributed by atoms with van der Waals surface area (Å²) in [7, 11) is 0. The van der Waals surface area contributed by atoms with E-state index in [1.165, 1.54) is 0 Å². The first kappa shape index (κ1) is 16.3. The summed E-state index contributed by atoms with van der Waals surface area (Å²) in [6.45, 7) is 1.36. The van der Waals surface area contributed by atoms with E-state index in [1.807, 2.05) is 24.3 Å². The molecule has 2 aliphatic rings. The van der Waals surface area contributed by atoms with E-state index in [-0.39, 0.29) is 11.8 Å². The zero-order valence-electron chi connectivity index (χ0n) is 14.1. The van der Waals surface area contributed by atoms with Crippen molar-refractivity contribution in [3.8, 4) is 11.3 Å². The van der Waals surface area contributed by atoms with Crippen LogP contribution < -0.4 is 11.1 Å². The molecule has 1 aliphatic heterocycles. The Bertz CT molecular complexity index is 731. The molecule has 25 heavy (non-hydrogen) atoms. The van der Waals surface area contributed by atoms with Gasteiger partial charge in [0.15, 0.2) is 11.7 Å². The number of ether oxygens (including phenoxy) is 1. The molecule has 0 spiro atoms. The average molecular weight is 341 g/mol. The Balaban J connectivity index is 1.38. The summed E-state index contributed by atoms with van der Waals surface area (Å²) in [6, 6.07) is 7.07. The third-order valence-corrected chi connectivity index (χ3v) is 4.96. The summed E-state index contributed by atoms with van der Waals surface area (Å²) in [5.74, 6) is 2.13. The monoisotopic (exact) mass is 341 g/mol. The molecule has 1 atom stereocenters. The van der Waals surface area contributed by atoms with Gasteiger partial charge in [0.25, 0.3) is 0 Å². The number of benzene rings is 1. The molecule has 1 saturated heterocycles. The van der Waals surface area contributed by atoms with Crippen LogP contribution in [0.4, 0.5) is 5.69 Å². The molecule has 1 amide bonds. The lowest BCUT2D eigenvalue weighted by atomic mass is 9.92. The Kier molecular flexibility index (Phi) is 4.55. The van der Waals surface area contributed by atoms with Crippen LogP contribution in [0.3, 0.4) is 0 Å². The van der Waals surface area contributed by atoms with Crippen LogP contribution >= 0.6 is 0 Å². The molecule has 0 radical (unpaired) electrons. The summed E-state index contributed by atoms with van der Waals surface area (Å²) in [6.07, 6.45) is 5.77. The minimum atomic E-state index is -0.501. The molecule has 4 rings (SSSR count). The minimum Gasteiger partial charge on any atom is -0.440 e. The van der Waals surface area contributed by atoms with Crippen molar-refractivity contribution < 1.29 is 13.9 Å². The SMILES string of the molecule is NC(C(=O)Nc1ccc(-c2cnc(C3CC3)o2)cc1)C1CCOCC1. The Morgan fingerprint density at radius 2 is 1.88 bits per heavy atom. The van der Waals surface area contributed by atoms with Crippen molar-refractivity contribution in [1.82, 2.24) is 4.98 Å². The van der Waals surface area contributed by atoms with Gasteiger partial charge in [-0.2, -0.15) is 0 Å². The fourth-order valence-corrected chi connectivity index (χ4v) is 3.17. The number of nitrogens with zero attached hydrogens (tertiary/aromatic N) is 1. The number of oxazole rings is 1. The quantitative estimate of drug-likeness (QED) is 0.872. The van der Waals surface area contributed by atoms with Gasteiger partial charge in [0.1, 0.15) is 0 Å². The van der Waals surface area contributed by atoms with E-state index in [4.69, 9.17) is 14.9 Å². The summed E-state index contributed by atoms with van der Waals surface area (Å²) in [4.78, 5) is 16.7. The number of carbonyl (C=O) groups excluding carboxylic acids is 1. The number of rotatable bonds is 5. The number of hydrogen-bond acceptors (Lipinski definition) is 5. The largest absolute Gasteiger partial charge is 0.440 e. The van der Waals surface area contributed by atoms with Crippen LogP contribution in [-0.2, 0) is 9.53 Å². The van der Waals surface area contributed by atoms with E-state index in [0.29, 0.717) is 19.1 Å². The molecule has 2 fully saturated rings. The molecule has 132 valence electrons. The summed E-state index contributed by atoms with van der Waals surface area (Å²) >= 11 is 0. The van der Waals surface area contributed by atoms with Gasteiger partial charge in [-0.05, 0) is 55.9 Å².